The van der Waals surface area contributed by atoms with Gasteiger partial charge in [-0.25, -0.2) is 14.5 Å². The number of halogens is 3. The highest BCUT2D eigenvalue weighted by Gasteiger charge is 2.33. The van der Waals surface area contributed by atoms with E-state index in [1.165, 1.54) is 51.9 Å². The highest BCUT2D eigenvalue weighted by Crippen LogP contribution is 2.33. The Bertz CT molecular complexity index is 1730. The molecule has 228 valence electrons. The van der Waals surface area contributed by atoms with Crippen molar-refractivity contribution in [1.82, 2.24) is 20.1 Å². The van der Waals surface area contributed by atoms with Gasteiger partial charge in [0, 0.05) is 5.56 Å². The van der Waals surface area contributed by atoms with Crippen molar-refractivity contribution in [1.29, 1.82) is 0 Å². The number of rotatable bonds is 6. The van der Waals surface area contributed by atoms with Crippen LogP contribution in [0.5, 0.6) is 5.75 Å². The molecule has 1 fully saturated rings. The number of urea groups is 1. The van der Waals surface area contributed by atoms with Crippen molar-refractivity contribution in [3.05, 3.63) is 89.2 Å². The molecule has 4 aromatic rings. The van der Waals surface area contributed by atoms with Crippen molar-refractivity contribution < 1.29 is 27.5 Å². The molecular weight excluding hydrogens is 593 g/mol. The Morgan fingerprint density at radius 1 is 1.00 bits per heavy atom. The largest absolute Gasteiger partial charge is 0.573 e. The summed E-state index contributed by atoms with van der Waals surface area (Å²) in [6.45, 7) is 9.55. The molecule has 1 aliphatic rings. The summed E-state index contributed by atoms with van der Waals surface area (Å²) in [6.07, 6.45) is -3.31. The first-order valence-electron chi connectivity index (χ1n) is 13.5. The van der Waals surface area contributed by atoms with Crippen LogP contribution in [0.4, 0.5) is 23.7 Å². The molecule has 3 amide bonds. The van der Waals surface area contributed by atoms with Gasteiger partial charge in [0.2, 0.25) is 5.91 Å². The number of nitrogens with zero attached hydrogens (tertiary/aromatic N) is 5. The monoisotopic (exact) mass is 622 g/mol. The summed E-state index contributed by atoms with van der Waals surface area (Å²) >= 11 is 1.23. The number of ether oxygens (including phenoxy) is 1. The first-order valence-corrected chi connectivity index (χ1v) is 14.5. The van der Waals surface area contributed by atoms with E-state index in [-0.39, 0.29) is 17.4 Å². The zero-order valence-electron chi connectivity index (χ0n) is 24.6. The van der Waals surface area contributed by atoms with Gasteiger partial charge in [0.1, 0.15) is 12.1 Å². The molecule has 0 atom stereocenters. The van der Waals surface area contributed by atoms with E-state index in [2.05, 4.69) is 25.1 Å². The number of carbonyl (C=O) groups is 2. The number of alkyl halides is 3. The average molecular weight is 623 g/mol. The lowest BCUT2D eigenvalue weighted by atomic mass is 9.93. The molecule has 1 saturated heterocycles. The highest BCUT2D eigenvalue weighted by atomic mass is 32.2. The van der Waals surface area contributed by atoms with Gasteiger partial charge in [0.25, 0.3) is 0 Å². The Kier molecular flexibility index (Phi) is 8.25. The Hall–Kier alpha value is -4.65. The predicted molar refractivity (Wildman–Crippen MR) is 163 cm³/mol. The van der Waals surface area contributed by atoms with Crippen LogP contribution in [0.1, 0.15) is 36.1 Å². The molecule has 5 rings (SSSR count). The van der Waals surface area contributed by atoms with Gasteiger partial charge < -0.3 is 10.1 Å². The van der Waals surface area contributed by atoms with E-state index in [1.807, 2.05) is 71.0 Å². The second-order valence-electron chi connectivity index (χ2n) is 10.8. The van der Waals surface area contributed by atoms with Crippen molar-refractivity contribution >= 4 is 34.6 Å². The lowest BCUT2D eigenvalue weighted by Crippen LogP contribution is -2.40. The molecule has 0 aliphatic carbocycles. The van der Waals surface area contributed by atoms with Crippen molar-refractivity contribution in [2.24, 2.45) is 4.99 Å². The van der Waals surface area contributed by atoms with Gasteiger partial charge in [-0.15, -0.1) is 18.3 Å². The number of nitrogens with one attached hydrogen (secondary N) is 1. The predicted octanol–water partition coefficient (Wildman–Crippen LogP) is 6.84. The number of aliphatic imine (C=N–C) groups is 1. The fourth-order valence-corrected chi connectivity index (χ4v) is 5.85. The highest BCUT2D eigenvalue weighted by molar-refractivity contribution is 8.15. The molecule has 0 unspecified atom stereocenters. The normalized spacial score (nSPS) is 14.8. The molecule has 0 bridgehead atoms. The summed E-state index contributed by atoms with van der Waals surface area (Å²) < 4.78 is 42.6. The molecule has 0 radical (unpaired) electrons. The number of aromatic nitrogens is 3. The van der Waals surface area contributed by atoms with Gasteiger partial charge in [-0.1, -0.05) is 53.7 Å². The van der Waals surface area contributed by atoms with E-state index >= 15 is 0 Å². The van der Waals surface area contributed by atoms with Crippen LogP contribution < -0.4 is 15.0 Å². The molecular formula is C31H29F3N6O3S. The number of carbonyl (C=O) groups excluding carboxylic acids is 2. The van der Waals surface area contributed by atoms with Gasteiger partial charge in [0.05, 0.1) is 22.7 Å². The molecule has 1 N–H and O–H groups in total. The van der Waals surface area contributed by atoms with Gasteiger partial charge in [-0.3, -0.25) is 9.69 Å². The summed E-state index contributed by atoms with van der Waals surface area (Å²) in [5.41, 5.74) is 4.90. The van der Waals surface area contributed by atoms with Crippen LogP contribution in [0, 0.1) is 20.8 Å². The Morgan fingerprint density at radius 2 is 1.64 bits per heavy atom. The van der Waals surface area contributed by atoms with Crippen LogP contribution in [0.2, 0.25) is 0 Å². The van der Waals surface area contributed by atoms with Crippen molar-refractivity contribution in [3.8, 4) is 22.8 Å². The summed E-state index contributed by atoms with van der Waals surface area (Å²) in [4.78, 5) is 36.0. The van der Waals surface area contributed by atoms with Crippen LogP contribution in [0.15, 0.2) is 72.0 Å². The quantitative estimate of drug-likeness (QED) is 0.253. The maximum Gasteiger partial charge on any atom is 0.573 e. The second-order valence-corrected chi connectivity index (χ2v) is 11.8. The molecule has 2 heterocycles. The number of thioether (sulfide) groups is 1. The first-order chi connectivity index (χ1) is 20.7. The van der Waals surface area contributed by atoms with Gasteiger partial charge >= 0.3 is 12.4 Å². The summed E-state index contributed by atoms with van der Waals surface area (Å²) in [5.74, 6) is 0.147. The minimum atomic E-state index is -4.77. The maximum absolute atomic E-state index is 13.1. The van der Waals surface area contributed by atoms with E-state index in [0.717, 1.165) is 27.9 Å². The van der Waals surface area contributed by atoms with Gasteiger partial charge in [-0.05, 0) is 75.6 Å². The number of aryl methyl sites for hydroxylation is 3. The molecule has 1 aromatic heterocycles. The number of anilines is 1. The van der Waals surface area contributed by atoms with Crippen molar-refractivity contribution in [2.75, 3.05) is 10.7 Å². The second kappa shape index (κ2) is 11.8. The van der Waals surface area contributed by atoms with Crippen LogP contribution in [-0.4, -0.2) is 44.0 Å². The third-order valence-corrected chi connectivity index (χ3v) is 7.86. The van der Waals surface area contributed by atoms with Crippen molar-refractivity contribution in [3.63, 3.8) is 0 Å². The van der Waals surface area contributed by atoms with E-state index in [9.17, 15) is 22.8 Å². The number of amides is 3. The number of hydrogen-bond donors (Lipinski definition) is 1. The smallest absolute Gasteiger partial charge is 0.406 e. The number of benzene rings is 3. The molecule has 44 heavy (non-hydrogen) atoms. The maximum atomic E-state index is 13.1. The summed E-state index contributed by atoms with van der Waals surface area (Å²) in [7, 11) is 0. The third kappa shape index (κ3) is 6.77. The van der Waals surface area contributed by atoms with Gasteiger partial charge in [0.15, 0.2) is 11.0 Å². The fourth-order valence-electron chi connectivity index (χ4n) is 5.00. The van der Waals surface area contributed by atoms with Crippen molar-refractivity contribution in [2.45, 2.75) is 46.5 Å². The lowest BCUT2D eigenvalue weighted by Gasteiger charge is -2.26. The van der Waals surface area contributed by atoms with Crippen LogP contribution in [0.25, 0.3) is 17.1 Å². The average Bonchev–Trinajstić information content (AvgIpc) is 3.55. The van der Waals surface area contributed by atoms with Crippen LogP contribution in [-0.2, 0) is 10.3 Å². The van der Waals surface area contributed by atoms with E-state index in [0.29, 0.717) is 22.2 Å². The zero-order chi connectivity index (χ0) is 31.8. The Morgan fingerprint density at radius 3 is 2.25 bits per heavy atom. The Balaban J connectivity index is 1.28. The lowest BCUT2D eigenvalue weighted by molar-refractivity contribution is -0.274. The van der Waals surface area contributed by atoms with Crippen LogP contribution in [0.3, 0.4) is 0 Å². The van der Waals surface area contributed by atoms with Crippen LogP contribution >= 0.6 is 11.8 Å². The third-order valence-electron chi connectivity index (χ3n) is 6.93. The molecule has 9 nitrogen and oxygen atoms in total. The molecule has 13 heteroatoms. The van der Waals surface area contributed by atoms with E-state index in [1.54, 1.807) is 0 Å². The molecule has 1 aliphatic heterocycles. The van der Waals surface area contributed by atoms with E-state index < -0.39 is 17.9 Å². The first kappa shape index (κ1) is 30.8. The zero-order valence-corrected chi connectivity index (χ0v) is 25.4. The van der Waals surface area contributed by atoms with E-state index in [4.69, 9.17) is 0 Å². The summed E-state index contributed by atoms with van der Waals surface area (Å²) in [5, 5.41) is 7.69. The molecule has 0 saturated carbocycles. The summed E-state index contributed by atoms with van der Waals surface area (Å²) in [6, 6.07) is 16.0. The number of amidine groups is 1. The topological polar surface area (TPSA) is 102 Å². The SMILES string of the molecule is Cc1cc(C)c(N2C(=O)CSC2=NC(=O)NC(C)(C)c2ccc(-c3ncn(-c4ccc(OC(F)(F)F)cc4)n3)cc2)c(C)c1. The number of hydrogen-bond acceptors (Lipinski definition) is 6. The Labute approximate surface area is 256 Å². The minimum Gasteiger partial charge on any atom is -0.406 e. The molecule has 0 spiro atoms. The minimum absolute atomic E-state index is 0.130. The standard InChI is InChI=1S/C31H29F3N6O3S/c1-18-14-19(2)26(20(3)15-18)40-25(41)16-44-29(40)36-28(42)37-30(4,5)22-8-6-21(7-9-22)27-35-17-39(38-27)23-10-12-24(13-11-23)43-31(32,33)34/h6-15,17H,16H2,1-5H3,(H,37,42). The molecule has 3 aromatic carbocycles. The fraction of sp³-hybridized carbons (Fsp3) is 0.258. The van der Waals surface area contributed by atoms with Gasteiger partial charge in [-0.2, -0.15) is 4.99 Å².